The first-order chi connectivity index (χ1) is 13.7. The number of nitriles is 1. The topological polar surface area (TPSA) is 59.4 Å². The van der Waals surface area contributed by atoms with Crippen LogP contribution in [0.15, 0.2) is 48.5 Å². The number of hydrogen-bond donors (Lipinski definition) is 1. The Morgan fingerprint density at radius 3 is 2.36 bits per heavy atom. The Bertz CT molecular complexity index is 834. The lowest BCUT2D eigenvalue weighted by atomic mass is 9.95. The van der Waals surface area contributed by atoms with Crippen LogP contribution in [0.4, 0.5) is 0 Å². The second kappa shape index (κ2) is 10.0. The van der Waals surface area contributed by atoms with Crippen LogP contribution in [0.3, 0.4) is 0 Å². The molecule has 1 heterocycles. The lowest BCUT2D eigenvalue weighted by Gasteiger charge is -2.33. The van der Waals surface area contributed by atoms with Crippen molar-refractivity contribution in [1.82, 2.24) is 15.1 Å². The van der Waals surface area contributed by atoms with E-state index in [0.717, 1.165) is 56.8 Å². The average molecular weight is 377 g/mol. The average Bonchev–Trinajstić information content (AvgIpc) is 2.77. The summed E-state index contributed by atoms with van der Waals surface area (Å²) in [5.74, 6) is -0.0841. The molecule has 1 saturated heterocycles. The minimum Gasteiger partial charge on any atom is -0.352 e. The molecule has 1 N–H and O–H groups in total. The number of hydrogen-bond acceptors (Lipinski definition) is 4. The number of carbonyl (C=O) groups is 1. The quantitative estimate of drug-likeness (QED) is 0.755. The minimum absolute atomic E-state index is 0.0841. The Morgan fingerprint density at radius 1 is 1.00 bits per heavy atom. The van der Waals surface area contributed by atoms with E-state index < -0.39 is 0 Å². The molecule has 2 aromatic rings. The fourth-order valence-corrected chi connectivity index (χ4v) is 3.66. The zero-order chi connectivity index (χ0) is 19.8. The molecule has 3 rings (SSSR count). The normalized spacial score (nSPS) is 15.1. The maximum Gasteiger partial charge on any atom is 0.251 e. The molecule has 1 aliphatic heterocycles. The first-order valence-electron chi connectivity index (χ1n) is 10.0. The number of nitrogens with one attached hydrogen (secondary N) is 1. The number of amides is 1. The second-order valence-corrected chi connectivity index (χ2v) is 7.09. The molecule has 0 unspecified atom stereocenters. The molecule has 1 fully saturated rings. The molecule has 0 aliphatic carbocycles. The van der Waals surface area contributed by atoms with Crippen LogP contribution in [0.5, 0.6) is 0 Å². The summed E-state index contributed by atoms with van der Waals surface area (Å²) in [6, 6.07) is 17.1. The highest BCUT2D eigenvalue weighted by molar-refractivity contribution is 6.01. The third-order valence-electron chi connectivity index (χ3n) is 5.36. The van der Waals surface area contributed by atoms with Crippen molar-refractivity contribution in [1.29, 1.82) is 5.26 Å². The SMILES string of the molecule is CCN1CCN(CCCNC(=O)c2ccccc2-c2ccccc2C#N)CC1. The third kappa shape index (κ3) is 4.98. The molecule has 2 aromatic carbocycles. The molecule has 0 atom stereocenters. The fraction of sp³-hybridized carbons (Fsp3) is 0.391. The van der Waals surface area contributed by atoms with Gasteiger partial charge in [-0.3, -0.25) is 4.79 Å². The number of nitrogens with zero attached hydrogens (tertiary/aromatic N) is 3. The van der Waals surface area contributed by atoms with Gasteiger partial charge in [0.1, 0.15) is 0 Å². The van der Waals surface area contributed by atoms with Gasteiger partial charge in [0.15, 0.2) is 0 Å². The maximum absolute atomic E-state index is 12.8. The van der Waals surface area contributed by atoms with E-state index in [1.54, 1.807) is 6.07 Å². The van der Waals surface area contributed by atoms with Crippen molar-refractivity contribution in [2.45, 2.75) is 13.3 Å². The molecule has 5 nitrogen and oxygen atoms in total. The van der Waals surface area contributed by atoms with E-state index in [4.69, 9.17) is 0 Å². The van der Waals surface area contributed by atoms with E-state index in [1.807, 2.05) is 42.5 Å². The van der Waals surface area contributed by atoms with E-state index in [2.05, 4.69) is 28.1 Å². The number of likely N-dealkylation sites (N-methyl/N-ethyl adjacent to an activating group) is 1. The van der Waals surface area contributed by atoms with E-state index in [1.165, 1.54) is 0 Å². The molecule has 28 heavy (non-hydrogen) atoms. The molecule has 0 aromatic heterocycles. The Balaban J connectivity index is 1.56. The zero-order valence-electron chi connectivity index (χ0n) is 16.5. The first-order valence-corrected chi connectivity index (χ1v) is 10.0. The summed E-state index contributed by atoms with van der Waals surface area (Å²) >= 11 is 0. The van der Waals surface area contributed by atoms with Crippen LogP contribution in [-0.4, -0.2) is 61.5 Å². The predicted octanol–water partition coefficient (Wildman–Crippen LogP) is 2.98. The Morgan fingerprint density at radius 2 is 1.64 bits per heavy atom. The van der Waals surface area contributed by atoms with Gasteiger partial charge in [-0.15, -0.1) is 0 Å². The van der Waals surface area contributed by atoms with E-state index in [9.17, 15) is 10.1 Å². The van der Waals surface area contributed by atoms with Crippen LogP contribution in [0, 0.1) is 11.3 Å². The highest BCUT2D eigenvalue weighted by atomic mass is 16.1. The molecular weight excluding hydrogens is 348 g/mol. The van der Waals surface area contributed by atoms with Gasteiger partial charge in [-0.1, -0.05) is 43.3 Å². The molecule has 0 spiro atoms. The van der Waals surface area contributed by atoms with E-state index in [0.29, 0.717) is 17.7 Å². The number of rotatable bonds is 7. The van der Waals surface area contributed by atoms with Gasteiger partial charge in [0.2, 0.25) is 0 Å². The lowest BCUT2D eigenvalue weighted by molar-refractivity contribution is 0.0949. The number of carbonyl (C=O) groups excluding carboxylic acids is 1. The van der Waals surface area contributed by atoms with Crippen LogP contribution >= 0.6 is 0 Å². The monoisotopic (exact) mass is 376 g/mol. The molecule has 1 amide bonds. The lowest BCUT2D eigenvalue weighted by Crippen LogP contribution is -2.46. The zero-order valence-corrected chi connectivity index (χ0v) is 16.5. The van der Waals surface area contributed by atoms with Gasteiger partial charge in [-0.2, -0.15) is 5.26 Å². The highest BCUT2D eigenvalue weighted by Crippen LogP contribution is 2.26. The predicted molar refractivity (Wildman–Crippen MR) is 112 cm³/mol. The van der Waals surface area contributed by atoms with Crippen molar-refractivity contribution >= 4 is 5.91 Å². The van der Waals surface area contributed by atoms with Crippen molar-refractivity contribution in [3.63, 3.8) is 0 Å². The smallest absolute Gasteiger partial charge is 0.251 e. The third-order valence-corrected chi connectivity index (χ3v) is 5.36. The maximum atomic E-state index is 12.8. The van der Waals surface area contributed by atoms with E-state index in [-0.39, 0.29) is 5.91 Å². The van der Waals surface area contributed by atoms with Crippen molar-refractivity contribution in [2.75, 3.05) is 45.8 Å². The van der Waals surface area contributed by atoms with Gasteiger partial charge in [0, 0.05) is 43.9 Å². The van der Waals surface area contributed by atoms with E-state index >= 15 is 0 Å². The Kier molecular flexibility index (Phi) is 7.18. The van der Waals surface area contributed by atoms with Crippen LogP contribution in [-0.2, 0) is 0 Å². The van der Waals surface area contributed by atoms with Gasteiger partial charge in [-0.05, 0) is 37.2 Å². The molecule has 5 heteroatoms. The Hall–Kier alpha value is -2.68. The van der Waals surface area contributed by atoms with Crippen molar-refractivity contribution in [3.05, 3.63) is 59.7 Å². The molecule has 0 bridgehead atoms. The van der Waals surface area contributed by atoms with Crippen LogP contribution in [0.2, 0.25) is 0 Å². The van der Waals surface area contributed by atoms with Crippen molar-refractivity contribution < 1.29 is 4.79 Å². The van der Waals surface area contributed by atoms with Crippen LogP contribution < -0.4 is 5.32 Å². The molecule has 0 saturated carbocycles. The second-order valence-electron chi connectivity index (χ2n) is 7.09. The van der Waals surface area contributed by atoms with Gasteiger partial charge in [0.05, 0.1) is 11.6 Å². The summed E-state index contributed by atoms with van der Waals surface area (Å²) in [6.45, 7) is 9.47. The fourth-order valence-electron chi connectivity index (χ4n) is 3.66. The molecule has 1 aliphatic rings. The van der Waals surface area contributed by atoms with Gasteiger partial charge < -0.3 is 15.1 Å². The van der Waals surface area contributed by atoms with Gasteiger partial charge >= 0.3 is 0 Å². The molecule has 146 valence electrons. The highest BCUT2D eigenvalue weighted by Gasteiger charge is 2.16. The Labute approximate surface area is 167 Å². The number of benzene rings is 2. The standard InChI is InChI=1S/C23H28N4O/c1-2-26-14-16-27(17-15-26)13-7-12-25-23(28)22-11-6-5-10-21(22)20-9-4-3-8-19(20)18-24/h3-6,8-11H,2,7,12-17H2,1H3,(H,25,28). The van der Waals surface area contributed by atoms with Crippen molar-refractivity contribution in [2.24, 2.45) is 0 Å². The summed E-state index contributed by atoms with van der Waals surface area (Å²) in [5, 5.41) is 12.4. The summed E-state index contributed by atoms with van der Waals surface area (Å²) in [5.41, 5.74) is 2.79. The molecule has 0 radical (unpaired) electrons. The largest absolute Gasteiger partial charge is 0.352 e. The minimum atomic E-state index is -0.0841. The number of piperazine rings is 1. The van der Waals surface area contributed by atoms with Crippen LogP contribution in [0.25, 0.3) is 11.1 Å². The summed E-state index contributed by atoms with van der Waals surface area (Å²) in [6.07, 6.45) is 0.939. The van der Waals surface area contributed by atoms with Crippen molar-refractivity contribution in [3.8, 4) is 17.2 Å². The summed E-state index contributed by atoms with van der Waals surface area (Å²) in [7, 11) is 0. The van der Waals surface area contributed by atoms with Crippen LogP contribution in [0.1, 0.15) is 29.3 Å². The first kappa shape index (κ1) is 20.1. The summed E-state index contributed by atoms with van der Waals surface area (Å²) < 4.78 is 0. The van der Waals surface area contributed by atoms with Gasteiger partial charge in [-0.25, -0.2) is 0 Å². The van der Waals surface area contributed by atoms with Gasteiger partial charge in [0.25, 0.3) is 5.91 Å². The summed E-state index contributed by atoms with van der Waals surface area (Å²) in [4.78, 5) is 17.7. The molecular formula is C23H28N4O.